The van der Waals surface area contributed by atoms with Crippen LogP contribution in [-0.4, -0.2) is 9.78 Å². The van der Waals surface area contributed by atoms with Gasteiger partial charge < -0.3 is 5.73 Å². The van der Waals surface area contributed by atoms with Crippen LogP contribution in [0.25, 0.3) is 5.69 Å². The zero-order valence-corrected chi connectivity index (χ0v) is 10.1. The molecule has 0 atom stereocenters. The molecular formula is C13H12F3N3. The molecule has 1 aromatic carbocycles. The van der Waals surface area contributed by atoms with Crippen LogP contribution in [0.1, 0.15) is 24.1 Å². The topological polar surface area (TPSA) is 43.8 Å². The first-order valence-corrected chi connectivity index (χ1v) is 6.09. The quantitative estimate of drug-likeness (QED) is 0.863. The molecule has 1 aliphatic carbocycles. The number of nitrogen functional groups attached to an aromatic ring is 1. The summed E-state index contributed by atoms with van der Waals surface area (Å²) in [5, 5.41) is 4.01. The fraction of sp³-hybridized carbons (Fsp3) is 0.308. The molecule has 0 fully saturated rings. The van der Waals surface area contributed by atoms with Crippen LogP contribution in [0.4, 0.5) is 19.0 Å². The number of nitrogens with two attached hydrogens (primary N) is 1. The largest absolute Gasteiger partial charge is 0.382 e. The van der Waals surface area contributed by atoms with E-state index in [2.05, 4.69) is 5.10 Å². The first-order chi connectivity index (χ1) is 9.08. The van der Waals surface area contributed by atoms with Crippen LogP contribution in [-0.2, 0) is 12.8 Å². The third-order valence-electron chi connectivity index (χ3n) is 3.40. The Morgan fingerprint density at radius 1 is 1.05 bits per heavy atom. The minimum Gasteiger partial charge on any atom is -0.382 e. The highest BCUT2D eigenvalue weighted by Gasteiger charge is 2.24. The van der Waals surface area contributed by atoms with Gasteiger partial charge in [0.2, 0.25) is 0 Å². The van der Waals surface area contributed by atoms with Crippen molar-refractivity contribution in [2.45, 2.75) is 25.7 Å². The summed E-state index contributed by atoms with van der Waals surface area (Å²) >= 11 is 0. The Hall–Kier alpha value is -1.98. The van der Waals surface area contributed by atoms with Crippen LogP contribution in [0.3, 0.4) is 0 Å². The maximum Gasteiger partial charge on any atom is 0.154 e. The predicted octanol–water partition coefficient (Wildman–Crippen LogP) is 2.75. The summed E-state index contributed by atoms with van der Waals surface area (Å²) in [6, 6.07) is 1.29. The minimum absolute atomic E-state index is 0.290. The molecule has 0 radical (unpaired) electrons. The summed E-state index contributed by atoms with van der Waals surface area (Å²) in [6.07, 6.45) is 3.32. The first kappa shape index (κ1) is 12.1. The number of fused-ring (bicyclic) bond motifs is 1. The maximum absolute atomic E-state index is 13.8. The smallest absolute Gasteiger partial charge is 0.154 e. The van der Waals surface area contributed by atoms with E-state index in [0.717, 1.165) is 24.8 Å². The average molecular weight is 267 g/mol. The zero-order chi connectivity index (χ0) is 13.6. The monoisotopic (exact) mass is 267 g/mol. The fourth-order valence-corrected chi connectivity index (χ4v) is 2.55. The van der Waals surface area contributed by atoms with E-state index in [1.807, 2.05) is 0 Å². The van der Waals surface area contributed by atoms with Gasteiger partial charge in [0.25, 0.3) is 0 Å². The second-order valence-corrected chi connectivity index (χ2v) is 4.65. The summed E-state index contributed by atoms with van der Waals surface area (Å²) in [4.78, 5) is 0. The lowest BCUT2D eigenvalue weighted by atomic mass is 9.97. The third-order valence-corrected chi connectivity index (χ3v) is 3.40. The van der Waals surface area contributed by atoms with Gasteiger partial charge in [-0.1, -0.05) is 0 Å². The van der Waals surface area contributed by atoms with E-state index in [1.165, 1.54) is 4.68 Å². The molecule has 2 aromatic rings. The van der Waals surface area contributed by atoms with Crippen LogP contribution in [0, 0.1) is 17.5 Å². The van der Waals surface area contributed by atoms with E-state index in [4.69, 9.17) is 5.73 Å². The molecule has 0 amide bonds. The van der Waals surface area contributed by atoms with Crippen molar-refractivity contribution >= 4 is 5.82 Å². The Morgan fingerprint density at radius 3 is 2.37 bits per heavy atom. The summed E-state index contributed by atoms with van der Waals surface area (Å²) in [5.74, 6) is -2.62. The van der Waals surface area contributed by atoms with Crippen molar-refractivity contribution in [1.82, 2.24) is 9.78 Å². The van der Waals surface area contributed by atoms with E-state index in [-0.39, 0.29) is 11.5 Å². The van der Waals surface area contributed by atoms with Gasteiger partial charge in [0.1, 0.15) is 17.3 Å². The molecule has 0 bridgehead atoms. The molecule has 0 aliphatic heterocycles. The molecule has 3 rings (SSSR count). The van der Waals surface area contributed by atoms with Crippen molar-refractivity contribution in [2.24, 2.45) is 0 Å². The van der Waals surface area contributed by atoms with Gasteiger partial charge in [0.05, 0.1) is 0 Å². The molecule has 3 nitrogen and oxygen atoms in total. The molecule has 19 heavy (non-hydrogen) atoms. The van der Waals surface area contributed by atoms with Crippen LogP contribution < -0.4 is 5.73 Å². The zero-order valence-electron chi connectivity index (χ0n) is 10.1. The fourth-order valence-electron chi connectivity index (χ4n) is 2.55. The van der Waals surface area contributed by atoms with Crippen molar-refractivity contribution in [3.05, 3.63) is 40.8 Å². The van der Waals surface area contributed by atoms with Crippen molar-refractivity contribution in [2.75, 3.05) is 5.73 Å². The molecule has 0 saturated heterocycles. The number of rotatable bonds is 1. The Bertz CT molecular complexity index is 626. The Morgan fingerprint density at radius 2 is 1.68 bits per heavy atom. The number of aromatic nitrogens is 2. The number of benzene rings is 1. The van der Waals surface area contributed by atoms with E-state index in [9.17, 15) is 13.2 Å². The molecule has 0 unspecified atom stereocenters. The third kappa shape index (κ3) is 1.87. The highest BCUT2D eigenvalue weighted by atomic mass is 19.1. The van der Waals surface area contributed by atoms with Crippen LogP contribution in [0.15, 0.2) is 12.1 Å². The summed E-state index contributed by atoms with van der Waals surface area (Å²) in [5.41, 5.74) is 6.97. The van der Waals surface area contributed by atoms with Gasteiger partial charge in [-0.2, -0.15) is 0 Å². The Kier molecular flexibility index (Phi) is 2.73. The standard InChI is InChI=1S/C13H12F3N3/c14-7-5-9(15)12(10(16)6-7)19-11-4-2-1-3-8(11)13(17)18-19/h5-6H,1-4H2,(H2,17,18). The van der Waals surface area contributed by atoms with Gasteiger partial charge in [-0.25, -0.2) is 17.9 Å². The molecule has 2 N–H and O–H groups in total. The Balaban J connectivity index is 2.23. The normalized spacial score (nSPS) is 14.5. The first-order valence-electron chi connectivity index (χ1n) is 6.09. The number of hydrogen-bond donors (Lipinski definition) is 1. The van der Waals surface area contributed by atoms with Crippen molar-refractivity contribution in [1.29, 1.82) is 0 Å². The second kappa shape index (κ2) is 4.29. The molecule has 100 valence electrons. The maximum atomic E-state index is 13.8. The summed E-state index contributed by atoms with van der Waals surface area (Å²) in [6.45, 7) is 0. The summed E-state index contributed by atoms with van der Waals surface area (Å²) < 4.78 is 41.7. The van der Waals surface area contributed by atoms with Gasteiger partial charge in [-0.15, -0.1) is 5.10 Å². The van der Waals surface area contributed by atoms with Crippen molar-refractivity contribution in [3.63, 3.8) is 0 Å². The highest BCUT2D eigenvalue weighted by molar-refractivity contribution is 5.49. The summed E-state index contributed by atoms with van der Waals surface area (Å²) in [7, 11) is 0. The lowest BCUT2D eigenvalue weighted by Crippen LogP contribution is -2.11. The van der Waals surface area contributed by atoms with E-state index < -0.39 is 17.5 Å². The van der Waals surface area contributed by atoms with Gasteiger partial charge in [-0.3, -0.25) is 0 Å². The van der Waals surface area contributed by atoms with Gasteiger partial charge in [-0.05, 0) is 25.7 Å². The number of nitrogens with zero attached hydrogens (tertiary/aromatic N) is 2. The van der Waals surface area contributed by atoms with Crippen LogP contribution >= 0.6 is 0 Å². The number of halogens is 3. The second-order valence-electron chi connectivity index (χ2n) is 4.65. The van der Waals surface area contributed by atoms with Gasteiger partial charge in [0, 0.05) is 23.4 Å². The van der Waals surface area contributed by atoms with Crippen molar-refractivity contribution < 1.29 is 13.2 Å². The lowest BCUT2D eigenvalue weighted by Gasteiger charge is -2.14. The molecule has 0 spiro atoms. The molecule has 1 aromatic heterocycles. The molecular weight excluding hydrogens is 255 g/mol. The Labute approximate surface area is 107 Å². The van der Waals surface area contributed by atoms with E-state index in [1.54, 1.807) is 0 Å². The number of hydrogen-bond acceptors (Lipinski definition) is 2. The van der Waals surface area contributed by atoms with Gasteiger partial charge in [0.15, 0.2) is 11.6 Å². The van der Waals surface area contributed by atoms with Crippen LogP contribution in [0.5, 0.6) is 0 Å². The lowest BCUT2D eigenvalue weighted by molar-refractivity contribution is 0.522. The van der Waals surface area contributed by atoms with E-state index >= 15 is 0 Å². The molecule has 1 aliphatic rings. The SMILES string of the molecule is Nc1nn(-c2c(F)cc(F)cc2F)c2c1CCCC2. The van der Waals surface area contributed by atoms with E-state index in [0.29, 0.717) is 24.2 Å². The number of anilines is 1. The van der Waals surface area contributed by atoms with Crippen LogP contribution in [0.2, 0.25) is 0 Å². The average Bonchev–Trinajstić information content (AvgIpc) is 2.67. The van der Waals surface area contributed by atoms with Crippen molar-refractivity contribution in [3.8, 4) is 5.69 Å². The molecule has 1 heterocycles. The predicted molar refractivity (Wildman–Crippen MR) is 64.5 cm³/mol. The molecule has 0 saturated carbocycles. The van der Waals surface area contributed by atoms with Gasteiger partial charge >= 0.3 is 0 Å². The highest BCUT2D eigenvalue weighted by Crippen LogP contribution is 2.30. The molecule has 6 heteroatoms. The minimum atomic E-state index is -0.978.